The van der Waals surface area contributed by atoms with Crippen molar-refractivity contribution in [2.24, 2.45) is 5.92 Å². The van der Waals surface area contributed by atoms with Crippen molar-refractivity contribution in [2.45, 2.75) is 64.1 Å². The highest BCUT2D eigenvalue weighted by Gasteiger charge is 2.31. The number of aromatic nitrogens is 6. The van der Waals surface area contributed by atoms with Gasteiger partial charge in [0.25, 0.3) is 12.3 Å². The van der Waals surface area contributed by atoms with Crippen molar-refractivity contribution in [3.8, 4) is 17.1 Å². The molecule has 61 heavy (non-hydrogen) atoms. The molecule has 0 spiro atoms. The summed E-state index contributed by atoms with van der Waals surface area (Å²) in [4.78, 5) is 59.3. The second-order valence-corrected chi connectivity index (χ2v) is 15.0. The molecule has 3 amide bonds. The number of imide groups is 1. The average Bonchev–Trinajstić information content (AvgIpc) is 3.65. The molecular formula is C43H45F2N9O7. The highest BCUT2D eigenvalue weighted by atomic mass is 19.3. The number of anilines is 1. The lowest BCUT2D eigenvalue weighted by atomic mass is 10.1. The van der Waals surface area contributed by atoms with Gasteiger partial charge < -0.3 is 24.5 Å². The Balaban J connectivity index is 0.758. The zero-order valence-electron chi connectivity index (χ0n) is 33.2. The van der Waals surface area contributed by atoms with Gasteiger partial charge >= 0.3 is 5.69 Å². The predicted molar refractivity (Wildman–Crippen MR) is 218 cm³/mol. The number of alkyl halides is 2. The van der Waals surface area contributed by atoms with Gasteiger partial charge in [-0.2, -0.15) is 5.10 Å². The van der Waals surface area contributed by atoms with E-state index in [1.807, 2.05) is 30.3 Å². The number of carbonyl (C=O) groups excluding carboxylic acids is 3. The molecule has 18 heteroatoms. The number of nitrogens with one attached hydrogen (secondary N) is 3. The molecule has 16 nitrogen and oxygen atoms in total. The number of ether oxygens (including phenoxy) is 2. The Kier molecular flexibility index (Phi) is 12.8. The minimum Gasteiger partial charge on any atom is -0.444 e. The first-order valence-electron chi connectivity index (χ1n) is 20.3. The zero-order chi connectivity index (χ0) is 42.3. The molecule has 0 bridgehead atoms. The molecule has 0 radical (unpaired) electrons. The molecule has 1 saturated heterocycles. The van der Waals surface area contributed by atoms with E-state index in [-0.39, 0.29) is 54.9 Å². The van der Waals surface area contributed by atoms with Gasteiger partial charge in [-0.15, -0.1) is 0 Å². The maximum absolute atomic E-state index is 14.0. The van der Waals surface area contributed by atoms with E-state index in [9.17, 15) is 28.0 Å². The summed E-state index contributed by atoms with van der Waals surface area (Å²) in [5.74, 6) is -0.524. The summed E-state index contributed by atoms with van der Waals surface area (Å²) in [6.45, 7) is 2.74. The lowest BCUT2D eigenvalue weighted by Gasteiger charge is -2.21. The van der Waals surface area contributed by atoms with Crippen molar-refractivity contribution in [1.29, 1.82) is 0 Å². The Bertz CT molecular complexity index is 2560. The third kappa shape index (κ3) is 9.99. The SMILES string of the molecule is O=C1CCC(n2c(=O)n(CCOCCOCCNCc3ccc(-n4cc(NC(=O)c5coc(-c6ccnc(CCC7CC7)c6)n5)c(C(F)F)n4)cc3)c3ccccc32)C(=O)N1. The molecule has 1 aliphatic carbocycles. The van der Waals surface area contributed by atoms with Crippen LogP contribution in [0.4, 0.5) is 14.5 Å². The number of carbonyl (C=O) groups is 3. The smallest absolute Gasteiger partial charge is 0.329 e. The Morgan fingerprint density at radius 2 is 1.75 bits per heavy atom. The van der Waals surface area contributed by atoms with Crippen LogP contribution in [0.3, 0.4) is 0 Å². The third-order valence-electron chi connectivity index (χ3n) is 10.7. The topological polar surface area (TPSA) is 189 Å². The Morgan fingerprint density at radius 3 is 2.52 bits per heavy atom. The van der Waals surface area contributed by atoms with Crippen molar-refractivity contribution >= 4 is 34.4 Å². The number of hydrogen-bond acceptors (Lipinski definition) is 11. The fraction of sp³-hybridized carbons (Fsp3) is 0.372. The number of imidazole rings is 1. The number of piperidine rings is 1. The number of pyridine rings is 1. The minimum absolute atomic E-state index is 0.0590. The van der Waals surface area contributed by atoms with Crippen LogP contribution in [0.2, 0.25) is 0 Å². The number of aryl methyl sites for hydroxylation is 1. The number of rotatable bonds is 20. The van der Waals surface area contributed by atoms with E-state index in [4.69, 9.17) is 13.9 Å². The van der Waals surface area contributed by atoms with Gasteiger partial charge in [-0.1, -0.05) is 37.1 Å². The monoisotopic (exact) mass is 837 g/mol. The fourth-order valence-corrected chi connectivity index (χ4v) is 7.28. The van der Waals surface area contributed by atoms with Crippen LogP contribution < -0.4 is 21.6 Å². The number of amides is 3. The van der Waals surface area contributed by atoms with E-state index >= 15 is 0 Å². The van der Waals surface area contributed by atoms with E-state index in [1.54, 1.807) is 41.1 Å². The molecule has 8 rings (SSSR count). The average molecular weight is 838 g/mol. The number of halogens is 2. The summed E-state index contributed by atoms with van der Waals surface area (Å²) in [7, 11) is 0. The summed E-state index contributed by atoms with van der Waals surface area (Å²) in [5.41, 5.74) is 3.27. The minimum atomic E-state index is -2.94. The predicted octanol–water partition coefficient (Wildman–Crippen LogP) is 5.37. The summed E-state index contributed by atoms with van der Waals surface area (Å²) < 4.78 is 49.4. The van der Waals surface area contributed by atoms with Crippen LogP contribution in [-0.2, 0) is 38.6 Å². The molecule has 1 atom stereocenters. The molecule has 5 heterocycles. The summed E-state index contributed by atoms with van der Waals surface area (Å²) in [6.07, 6.45) is 6.16. The molecule has 4 aromatic heterocycles. The lowest BCUT2D eigenvalue weighted by molar-refractivity contribution is -0.135. The van der Waals surface area contributed by atoms with Crippen molar-refractivity contribution < 1.29 is 37.1 Å². The van der Waals surface area contributed by atoms with Gasteiger partial charge in [0.05, 0.1) is 61.6 Å². The summed E-state index contributed by atoms with van der Waals surface area (Å²) in [5, 5.41) is 12.2. The quantitative estimate of drug-likeness (QED) is 0.0662. The summed E-state index contributed by atoms with van der Waals surface area (Å²) in [6, 6.07) is 17.3. The molecule has 2 aliphatic rings. The first kappa shape index (κ1) is 41.4. The normalized spacial score (nSPS) is 15.5. The Labute approximate surface area is 348 Å². The second-order valence-electron chi connectivity index (χ2n) is 15.0. The van der Waals surface area contributed by atoms with Crippen molar-refractivity contribution in [1.82, 2.24) is 39.5 Å². The maximum atomic E-state index is 14.0. The zero-order valence-corrected chi connectivity index (χ0v) is 33.2. The molecule has 1 saturated carbocycles. The van der Waals surface area contributed by atoms with Gasteiger partial charge in [-0.3, -0.25) is 33.8 Å². The van der Waals surface area contributed by atoms with Crippen LogP contribution in [0.25, 0.3) is 28.2 Å². The molecule has 3 N–H and O–H groups in total. The largest absolute Gasteiger partial charge is 0.444 e. The van der Waals surface area contributed by atoms with Crippen LogP contribution in [0.1, 0.15) is 72.0 Å². The first-order valence-corrected chi connectivity index (χ1v) is 20.3. The first-order chi connectivity index (χ1) is 29.7. The number of fused-ring (bicyclic) bond motifs is 1. The van der Waals surface area contributed by atoms with Gasteiger partial charge in [0.15, 0.2) is 11.4 Å². The van der Waals surface area contributed by atoms with E-state index in [0.29, 0.717) is 55.2 Å². The lowest BCUT2D eigenvalue weighted by Crippen LogP contribution is -2.44. The maximum Gasteiger partial charge on any atom is 0.329 e. The number of hydrogen-bond donors (Lipinski definition) is 3. The van der Waals surface area contributed by atoms with E-state index in [1.165, 1.54) is 34.6 Å². The highest BCUT2D eigenvalue weighted by Crippen LogP contribution is 2.34. The van der Waals surface area contributed by atoms with Crippen LogP contribution in [-0.4, -0.2) is 79.6 Å². The standard InChI is InChI=1S/C43H45F2N9O7/c44-39(45)38-32(48-40(56)33-26-61-42(49-33)29-15-16-47-30(23-29)10-7-27-5-6-27)25-53(51-38)31-11-8-28(9-12-31)24-46-17-19-59-21-22-60-20-18-52-34-3-1-2-4-35(34)54(43(52)58)36-13-14-37(55)50-41(36)57/h1-4,8-9,11-12,15-16,23,25-27,36,39,46H,5-7,10,13-14,17-22,24H2,(H,48,56)(H,50,55,57). The Morgan fingerprint density at radius 1 is 0.967 bits per heavy atom. The molecule has 6 aromatic rings. The van der Waals surface area contributed by atoms with E-state index in [0.717, 1.165) is 30.0 Å². The van der Waals surface area contributed by atoms with Crippen LogP contribution >= 0.6 is 0 Å². The number of oxazole rings is 1. The molecule has 2 aromatic carbocycles. The molecule has 1 aliphatic heterocycles. The molecular weight excluding hydrogens is 793 g/mol. The van der Waals surface area contributed by atoms with Crippen molar-refractivity contribution in [3.63, 3.8) is 0 Å². The number of nitrogens with zero attached hydrogens (tertiary/aromatic N) is 6. The van der Waals surface area contributed by atoms with Gasteiger partial charge in [0.2, 0.25) is 17.7 Å². The van der Waals surface area contributed by atoms with Gasteiger partial charge in [0, 0.05) is 37.0 Å². The van der Waals surface area contributed by atoms with Crippen molar-refractivity contribution in [2.75, 3.05) is 38.3 Å². The van der Waals surface area contributed by atoms with Gasteiger partial charge in [-0.05, 0) is 67.1 Å². The summed E-state index contributed by atoms with van der Waals surface area (Å²) >= 11 is 0. The number of para-hydroxylation sites is 2. The van der Waals surface area contributed by atoms with Gasteiger partial charge in [0.1, 0.15) is 12.3 Å². The van der Waals surface area contributed by atoms with Gasteiger partial charge in [-0.25, -0.2) is 23.2 Å². The highest BCUT2D eigenvalue weighted by molar-refractivity contribution is 6.03. The van der Waals surface area contributed by atoms with E-state index < -0.39 is 30.0 Å². The van der Waals surface area contributed by atoms with Crippen LogP contribution in [0.5, 0.6) is 0 Å². The van der Waals surface area contributed by atoms with Crippen LogP contribution in [0.15, 0.2) is 88.5 Å². The third-order valence-corrected chi connectivity index (χ3v) is 10.7. The second kappa shape index (κ2) is 18.9. The molecule has 318 valence electrons. The molecule has 1 unspecified atom stereocenters. The fourth-order valence-electron chi connectivity index (χ4n) is 7.28. The van der Waals surface area contributed by atoms with Crippen LogP contribution in [0, 0.1) is 5.92 Å². The van der Waals surface area contributed by atoms with Crippen molar-refractivity contribution in [3.05, 3.63) is 112 Å². The molecule has 2 fully saturated rings. The Hall–Kier alpha value is -6.37. The van der Waals surface area contributed by atoms with E-state index in [2.05, 4.69) is 31.0 Å². The number of benzene rings is 2.